The molecular formula is C19H22N4O2S. The molecule has 0 unspecified atom stereocenters. The van der Waals surface area contributed by atoms with Crippen LogP contribution in [-0.4, -0.2) is 32.7 Å². The third kappa shape index (κ3) is 2.90. The third-order valence-corrected chi connectivity index (χ3v) is 6.24. The summed E-state index contributed by atoms with van der Waals surface area (Å²) < 4.78 is 0. The minimum atomic E-state index is -0.226. The zero-order chi connectivity index (χ0) is 18.6. The summed E-state index contributed by atoms with van der Waals surface area (Å²) in [5, 5.41) is 3.74. The highest BCUT2D eigenvalue weighted by atomic mass is 32.1. The van der Waals surface area contributed by atoms with E-state index >= 15 is 0 Å². The molecule has 2 aromatic heterocycles. The molecule has 4 rings (SSSR count). The van der Waals surface area contributed by atoms with E-state index in [9.17, 15) is 9.59 Å². The summed E-state index contributed by atoms with van der Waals surface area (Å²) in [6.07, 6.45) is 2.37. The first-order valence-corrected chi connectivity index (χ1v) is 9.73. The zero-order valence-corrected chi connectivity index (χ0v) is 16.2. The molecule has 1 aliphatic carbocycles. The number of amides is 2. The van der Waals surface area contributed by atoms with Gasteiger partial charge in [-0.1, -0.05) is 0 Å². The van der Waals surface area contributed by atoms with Crippen LogP contribution >= 0.6 is 11.3 Å². The molecule has 1 atom stereocenters. The van der Waals surface area contributed by atoms with Gasteiger partial charge in [-0.2, -0.15) is 0 Å². The molecule has 6 nitrogen and oxygen atoms in total. The number of carbonyl (C=O) groups is 2. The highest BCUT2D eigenvalue weighted by Gasteiger charge is 2.40. The highest BCUT2D eigenvalue weighted by molar-refractivity contribution is 7.15. The molecule has 1 saturated carbocycles. The second-order valence-electron chi connectivity index (χ2n) is 7.23. The van der Waals surface area contributed by atoms with Gasteiger partial charge in [-0.15, -0.1) is 11.3 Å². The van der Waals surface area contributed by atoms with Crippen molar-refractivity contribution in [1.82, 2.24) is 14.9 Å². The molecule has 1 N–H and O–H groups in total. The lowest BCUT2D eigenvalue weighted by molar-refractivity contribution is -0.114. The predicted octanol–water partition coefficient (Wildman–Crippen LogP) is 3.53. The van der Waals surface area contributed by atoms with Crippen molar-refractivity contribution in [1.29, 1.82) is 0 Å². The second-order valence-corrected chi connectivity index (χ2v) is 8.43. The molecule has 2 amide bonds. The number of nitrogens with zero attached hydrogens (tertiary/aromatic N) is 3. The number of carbonyl (C=O) groups excluding carboxylic acids is 2. The molecule has 26 heavy (non-hydrogen) atoms. The fourth-order valence-electron chi connectivity index (χ4n) is 3.66. The number of hydrogen-bond donors (Lipinski definition) is 1. The molecule has 0 radical (unpaired) electrons. The quantitative estimate of drug-likeness (QED) is 0.893. The Bertz CT molecular complexity index is 917. The summed E-state index contributed by atoms with van der Waals surface area (Å²) in [5.74, 6) is 0.706. The van der Waals surface area contributed by atoms with Crippen LogP contribution in [0.5, 0.6) is 0 Å². The fourth-order valence-corrected chi connectivity index (χ4v) is 4.55. The maximum Gasteiger partial charge on any atom is 0.258 e. The summed E-state index contributed by atoms with van der Waals surface area (Å²) in [4.78, 5) is 36.7. The van der Waals surface area contributed by atoms with Crippen LogP contribution in [0.2, 0.25) is 0 Å². The molecule has 3 heterocycles. The van der Waals surface area contributed by atoms with Crippen LogP contribution in [0.4, 0.5) is 5.82 Å². The van der Waals surface area contributed by atoms with E-state index in [0.717, 1.165) is 26.8 Å². The number of nitrogens with one attached hydrogen (secondary N) is 1. The summed E-state index contributed by atoms with van der Waals surface area (Å²) >= 11 is 1.58. The van der Waals surface area contributed by atoms with E-state index in [2.05, 4.69) is 22.2 Å². The van der Waals surface area contributed by atoms with Gasteiger partial charge in [0.25, 0.3) is 5.91 Å². The number of fused-ring (bicyclic) bond motifs is 1. The van der Waals surface area contributed by atoms with Crippen LogP contribution in [0.3, 0.4) is 0 Å². The molecular weight excluding hydrogens is 348 g/mol. The van der Waals surface area contributed by atoms with Gasteiger partial charge in [0.2, 0.25) is 5.91 Å². The Balaban J connectivity index is 1.80. The minimum absolute atomic E-state index is 0.0283. The molecule has 0 saturated heterocycles. The maximum atomic E-state index is 13.0. The van der Waals surface area contributed by atoms with Crippen molar-refractivity contribution in [2.24, 2.45) is 5.92 Å². The van der Waals surface area contributed by atoms with Crippen LogP contribution < -0.4 is 5.32 Å². The summed E-state index contributed by atoms with van der Waals surface area (Å²) in [5.41, 5.74) is 3.16. The molecule has 0 bridgehead atoms. The van der Waals surface area contributed by atoms with Crippen LogP contribution in [-0.2, 0) is 11.3 Å². The largest absolute Gasteiger partial charge is 0.331 e. The molecule has 136 valence electrons. The zero-order valence-electron chi connectivity index (χ0n) is 15.4. The van der Waals surface area contributed by atoms with Gasteiger partial charge >= 0.3 is 0 Å². The van der Waals surface area contributed by atoms with Crippen LogP contribution in [0.15, 0.2) is 6.07 Å². The first-order valence-electron chi connectivity index (χ1n) is 8.92. The Labute approximate surface area is 156 Å². The van der Waals surface area contributed by atoms with E-state index in [1.54, 1.807) is 11.3 Å². The molecule has 2 aromatic rings. The van der Waals surface area contributed by atoms with Gasteiger partial charge in [-0.25, -0.2) is 9.97 Å². The minimum Gasteiger partial charge on any atom is -0.331 e. The molecule has 0 aromatic carbocycles. The van der Waals surface area contributed by atoms with Gasteiger partial charge in [0.15, 0.2) is 0 Å². The maximum absolute atomic E-state index is 13.0. The number of pyridine rings is 1. The highest BCUT2D eigenvalue weighted by Crippen LogP contribution is 2.41. The fraction of sp³-hybridized carbons (Fsp3) is 0.474. The topological polar surface area (TPSA) is 75.2 Å². The molecule has 7 heteroatoms. The lowest BCUT2D eigenvalue weighted by Gasteiger charge is -2.24. The van der Waals surface area contributed by atoms with Crippen molar-refractivity contribution in [3.05, 3.63) is 27.9 Å². The van der Waals surface area contributed by atoms with Crippen molar-refractivity contribution in [2.45, 2.75) is 53.1 Å². The van der Waals surface area contributed by atoms with Crippen molar-refractivity contribution in [3.8, 4) is 10.6 Å². The summed E-state index contributed by atoms with van der Waals surface area (Å²) in [7, 11) is 0. The van der Waals surface area contributed by atoms with Crippen molar-refractivity contribution in [2.75, 3.05) is 5.32 Å². The number of rotatable bonds is 4. The summed E-state index contributed by atoms with van der Waals surface area (Å²) in [6.45, 7) is 8.05. The molecule has 2 aliphatic rings. The lowest BCUT2D eigenvalue weighted by Crippen LogP contribution is -2.35. The standard InChI is InChI=1S/C19H22N4O2S/c1-9-17(26-12(4)20-9)15-7-14-8-23(10(2)13-5-6-13)19(25)16(14)18(22-15)21-11(3)24/h7,10,13H,5-6,8H2,1-4H3,(H,21,22,24)/t10-/m0/s1. The van der Waals surface area contributed by atoms with Gasteiger partial charge in [0, 0.05) is 19.5 Å². The lowest BCUT2D eigenvalue weighted by atomic mass is 10.1. The smallest absolute Gasteiger partial charge is 0.258 e. The SMILES string of the molecule is CC(=O)Nc1nc(-c2sc(C)nc2C)cc2c1C(=O)N([C@@H](C)C1CC1)C2. The van der Waals surface area contributed by atoms with Crippen molar-refractivity contribution >= 4 is 29.0 Å². The molecule has 0 spiro atoms. The van der Waals surface area contributed by atoms with Crippen LogP contribution in [0.25, 0.3) is 10.6 Å². The number of thiazole rings is 1. The Kier molecular flexibility index (Phi) is 4.06. The Morgan fingerprint density at radius 2 is 2.08 bits per heavy atom. The molecule has 1 aliphatic heterocycles. The number of aryl methyl sites for hydroxylation is 2. The van der Waals surface area contributed by atoms with Gasteiger partial charge in [0.1, 0.15) is 5.82 Å². The van der Waals surface area contributed by atoms with Crippen molar-refractivity contribution < 1.29 is 9.59 Å². The van der Waals surface area contributed by atoms with Gasteiger partial charge in [0.05, 0.1) is 26.8 Å². The van der Waals surface area contributed by atoms with E-state index < -0.39 is 0 Å². The average molecular weight is 370 g/mol. The third-order valence-electron chi connectivity index (χ3n) is 5.14. The second kappa shape index (κ2) is 6.16. The van der Waals surface area contributed by atoms with Gasteiger partial charge < -0.3 is 10.2 Å². The predicted molar refractivity (Wildman–Crippen MR) is 101 cm³/mol. The van der Waals surface area contributed by atoms with Gasteiger partial charge in [-0.3, -0.25) is 9.59 Å². The Hall–Kier alpha value is -2.28. The normalized spacial score (nSPS) is 17.4. The Morgan fingerprint density at radius 1 is 1.35 bits per heavy atom. The van der Waals surface area contributed by atoms with E-state index in [1.807, 2.05) is 24.8 Å². The van der Waals surface area contributed by atoms with Gasteiger partial charge in [-0.05, 0) is 51.2 Å². The average Bonchev–Trinajstić information content (AvgIpc) is 3.28. The monoisotopic (exact) mass is 370 g/mol. The van der Waals surface area contributed by atoms with Crippen LogP contribution in [0, 0.1) is 19.8 Å². The number of aromatic nitrogens is 2. The van der Waals surface area contributed by atoms with Crippen molar-refractivity contribution in [3.63, 3.8) is 0 Å². The first kappa shape index (κ1) is 17.1. The van der Waals surface area contributed by atoms with E-state index in [0.29, 0.717) is 23.8 Å². The summed E-state index contributed by atoms with van der Waals surface area (Å²) in [6, 6.07) is 2.20. The van der Waals surface area contributed by atoms with E-state index in [1.165, 1.54) is 19.8 Å². The van der Waals surface area contributed by atoms with E-state index in [-0.39, 0.29) is 17.9 Å². The van der Waals surface area contributed by atoms with E-state index in [4.69, 9.17) is 0 Å². The Morgan fingerprint density at radius 3 is 2.65 bits per heavy atom. The van der Waals surface area contributed by atoms with Crippen LogP contribution in [0.1, 0.15) is 53.3 Å². The number of anilines is 1. The number of hydrogen-bond acceptors (Lipinski definition) is 5. The first-order chi connectivity index (χ1) is 12.3. The molecule has 1 fully saturated rings.